The first-order valence-electron chi connectivity index (χ1n) is 5.41. The molecule has 1 amide bonds. The summed E-state index contributed by atoms with van der Waals surface area (Å²) < 4.78 is 5.06. The van der Waals surface area contributed by atoms with Crippen LogP contribution in [0, 0.1) is 13.8 Å². The fourth-order valence-corrected chi connectivity index (χ4v) is 1.55. The minimum absolute atomic E-state index is 0.191. The van der Waals surface area contributed by atoms with Crippen LogP contribution in [0.1, 0.15) is 21.6 Å². The van der Waals surface area contributed by atoms with Crippen molar-refractivity contribution in [2.24, 2.45) is 5.84 Å². The molecular weight excluding hydrogens is 232 g/mol. The quantitative estimate of drug-likeness (QED) is 0.567. The molecular formula is C12H14N4O2. The second-order valence-corrected chi connectivity index (χ2v) is 3.92. The summed E-state index contributed by atoms with van der Waals surface area (Å²) in [5, 5.41) is 2.58. The zero-order valence-corrected chi connectivity index (χ0v) is 10.2. The van der Waals surface area contributed by atoms with E-state index in [0.717, 1.165) is 11.3 Å². The van der Waals surface area contributed by atoms with Gasteiger partial charge < -0.3 is 9.84 Å². The predicted molar refractivity (Wildman–Crippen MR) is 68.2 cm³/mol. The number of nitrogens with two attached hydrogens (primary N) is 1. The summed E-state index contributed by atoms with van der Waals surface area (Å²) in [6, 6.07) is 5.34. The maximum absolute atomic E-state index is 11.9. The van der Waals surface area contributed by atoms with Crippen LogP contribution in [0.2, 0.25) is 0 Å². The van der Waals surface area contributed by atoms with E-state index in [0.29, 0.717) is 11.3 Å². The van der Waals surface area contributed by atoms with E-state index in [1.165, 1.54) is 6.26 Å². The Morgan fingerprint density at radius 2 is 2.17 bits per heavy atom. The van der Waals surface area contributed by atoms with E-state index in [4.69, 9.17) is 10.3 Å². The normalized spacial score (nSPS) is 10.2. The average molecular weight is 246 g/mol. The lowest BCUT2D eigenvalue weighted by Crippen LogP contribution is -2.13. The first-order valence-corrected chi connectivity index (χ1v) is 5.41. The number of nitrogens with zero attached hydrogens (tertiary/aromatic N) is 1. The topological polar surface area (TPSA) is 93.2 Å². The maximum Gasteiger partial charge on any atom is 0.301 e. The predicted octanol–water partition coefficient (Wildman–Crippen LogP) is 1.83. The highest BCUT2D eigenvalue weighted by Crippen LogP contribution is 2.16. The molecule has 0 fully saturated rings. The van der Waals surface area contributed by atoms with Gasteiger partial charge in [0, 0.05) is 5.56 Å². The van der Waals surface area contributed by atoms with Crippen molar-refractivity contribution in [3.63, 3.8) is 0 Å². The van der Waals surface area contributed by atoms with Crippen molar-refractivity contribution in [3.8, 4) is 0 Å². The number of carbonyl (C=O) groups excluding carboxylic acids is 1. The molecule has 6 heteroatoms. The Labute approximate surface area is 104 Å². The minimum atomic E-state index is -0.275. The molecule has 1 aromatic heterocycles. The van der Waals surface area contributed by atoms with Gasteiger partial charge in [-0.1, -0.05) is 0 Å². The molecule has 2 rings (SSSR count). The number of hydrogen-bond acceptors (Lipinski definition) is 5. The summed E-state index contributed by atoms with van der Waals surface area (Å²) in [6.07, 6.45) is 1.47. The first-order chi connectivity index (χ1) is 8.60. The summed E-state index contributed by atoms with van der Waals surface area (Å²) in [7, 11) is 0. The third-order valence-corrected chi connectivity index (χ3v) is 2.48. The highest BCUT2D eigenvalue weighted by molar-refractivity contribution is 6.03. The van der Waals surface area contributed by atoms with Crippen LogP contribution in [-0.4, -0.2) is 10.9 Å². The lowest BCUT2D eigenvalue weighted by Gasteiger charge is -2.07. The van der Waals surface area contributed by atoms with Gasteiger partial charge in [0.2, 0.25) is 0 Å². The number of rotatable bonds is 3. The molecule has 0 aliphatic rings. The maximum atomic E-state index is 11.9. The monoisotopic (exact) mass is 246 g/mol. The van der Waals surface area contributed by atoms with Crippen LogP contribution >= 0.6 is 0 Å². The van der Waals surface area contributed by atoms with Gasteiger partial charge in [0.15, 0.2) is 0 Å². The van der Waals surface area contributed by atoms with E-state index < -0.39 is 0 Å². The molecule has 0 radical (unpaired) electrons. The van der Waals surface area contributed by atoms with Gasteiger partial charge in [-0.15, -0.1) is 0 Å². The van der Waals surface area contributed by atoms with E-state index in [1.807, 2.05) is 6.92 Å². The van der Waals surface area contributed by atoms with Crippen LogP contribution in [0.5, 0.6) is 0 Å². The molecule has 0 saturated heterocycles. The second-order valence-electron chi connectivity index (χ2n) is 3.92. The SMILES string of the molecule is Cc1coc(NC(=O)c2ccc(NN)c(C)c2)n1. The number of amides is 1. The van der Waals surface area contributed by atoms with Gasteiger partial charge in [0.05, 0.1) is 11.4 Å². The van der Waals surface area contributed by atoms with Gasteiger partial charge in [0.1, 0.15) is 6.26 Å². The third-order valence-electron chi connectivity index (χ3n) is 2.48. The summed E-state index contributed by atoms with van der Waals surface area (Å²) in [5.74, 6) is 5.05. The summed E-state index contributed by atoms with van der Waals surface area (Å²) in [6.45, 7) is 3.65. The first kappa shape index (κ1) is 12.1. The van der Waals surface area contributed by atoms with Gasteiger partial charge in [-0.25, -0.2) is 0 Å². The molecule has 0 spiro atoms. The van der Waals surface area contributed by atoms with Crippen molar-refractivity contribution in [2.75, 3.05) is 10.7 Å². The summed E-state index contributed by atoms with van der Waals surface area (Å²) >= 11 is 0. The standard InChI is InChI=1S/C12H14N4O2/c1-7-5-9(3-4-10(7)16-13)11(17)15-12-14-8(2)6-18-12/h3-6,16H,13H2,1-2H3,(H,14,15,17). The van der Waals surface area contributed by atoms with E-state index in [-0.39, 0.29) is 11.9 Å². The Hall–Kier alpha value is -2.34. The summed E-state index contributed by atoms with van der Waals surface area (Å²) in [5.41, 5.74) is 5.44. The molecule has 4 N–H and O–H groups in total. The molecule has 0 unspecified atom stereocenters. The molecule has 2 aromatic rings. The number of oxazole rings is 1. The molecule has 18 heavy (non-hydrogen) atoms. The zero-order chi connectivity index (χ0) is 13.1. The number of nitrogen functional groups attached to an aromatic ring is 1. The van der Waals surface area contributed by atoms with Gasteiger partial charge in [-0.05, 0) is 37.6 Å². The molecule has 0 bridgehead atoms. The fourth-order valence-electron chi connectivity index (χ4n) is 1.55. The van der Waals surface area contributed by atoms with Crippen LogP contribution in [0.3, 0.4) is 0 Å². The highest BCUT2D eigenvalue weighted by Gasteiger charge is 2.10. The molecule has 0 aliphatic carbocycles. The van der Waals surface area contributed by atoms with Crippen LogP contribution < -0.4 is 16.6 Å². The van der Waals surface area contributed by atoms with Gasteiger partial charge in [0.25, 0.3) is 5.91 Å². The van der Waals surface area contributed by atoms with E-state index in [9.17, 15) is 4.79 Å². The summed E-state index contributed by atoms with van der Waals surface area (Å²) in [4.78, 5) is 15.9. The number of aryl methyl sites for hydroxylation is 2. The van der Waals surface area contributed by atoms with Crippen molar-refractivity contribution in [1.82, 2.24) is 4.98 Å². The lowest BCUT2D eigenvalue weighted by molar-refractivity contribution is 0.102. The molecule has 1 heterocycles. The van der Waals surface area contributed by atoms with Crippen molar-refractivity contribution in [3.05, 3.63) is 41.3 Å². The van der Waals surface area contributed by atoms with E-state index in [1.54, 1.807) is 25.1 Å². The molecule has 94 valence electrons. The highest BCUT2D eigenvalue weighted by atomic mass is 16.4. The molecule has 0 atom stereocenters. The van der Waals surface area contributed by atoms with E-state index >= 15 is 0 Å². The Balaban J connectivity index is 2.16. The Morgan fingerprint density at radius 3 is 2.72 bits per heavy atom. The average Bonchev–Trinajstić information content (AvgIpc) is 2.74. The smallest absolute Gasteiger partial charge is 0.301 e. The molecule has 1 aromatic carbocycles. The third kappa shape index (κ3) is 2.49. The number of hydrogen-bond donors (Lipinski definition) is 3. The fraction of sp³-hybridized carbons (Fsp3) is 0.167. The zero-order valence-electron chi connectivity index (χ0n) is 10.2. The van der Waals surface area contributed by atoms with Crippen LogP contribution in [-0.2, 0) is 0 Å². The number of nitrogens with one attached hydrogen (secondary N) is 2. The lowest BCUT2D eigenvalue weighted by atomic mass is 10.1. The van der Waals surface area contributed by atoms with Crippen LogP contribution in [0.15, 0.2) is 28.9 Å². The number of hydrazine groups is 1. The van der Waals surface area contributed by atoms with Crippen molar-refractivity contribution in [2.45, 2.75) is 13.8 Å². The van der Waals surface area contributed by atoms with Gasteiger partial charge in [-0.3, -0.25) is 16.0 Å². The number of aromatic nitrogens is 1. The number of carbonyl (C=O) groups is 1. The largest absolute Gasteiger partial charge is 0.432 e. The molecule has 6 nitrogen and oxygen atoms in total. The van der Waals surface area contributed by atoms with Crippen molar-refractivity contribution in [1.29, 1.82) is 0 Å². The molecule has 0 aliphatic heterocycles. The van der Waals surface area contributed by atoms with Crippen LogP contribution in [0.4, 0.5) is 11.7 Å². The Morgan fingerprint density at radius 1 is 1.39 bits per heavy atom. The molecule has 0 saturated carbocycles. The van der Waals surface area contributed by atoms with E-state index in [2.05, 4.69) is 15.7 Å². The minimum Gasteiger partial charge on any atom is -0.432 e. The van der Waals surface area contributed by atoms with Crippen molar-refractivity contribution >= 4 is 17.6 Å². The van der Waals surface area contributed by atoms with Gasteiger partial charge in [-0.2, -0.15) is 4.98 Å². The number of anilines is 2. The van der Waals surface area contributed by atoms with Gasteiger partial charge >= 0.3 is 6.01 Å². The Bertz CT molecular complexity index is 577. The van der Waals surface area contributed by atoms with Crippen LogP contribution in [0.25, 0.3) is 0 Å². The van der Waals surface area contributed by atoms with Crippen molar-refractivity contribution < 1.29 is 9.21 Å². The second kappa shape index (κ2) is 4.89. The number of benzene rings is 1. The Kier molecular flexibility index (Phi) is 3.29.